The molecule has 2 aliphatic rings. The third-order valence-electron chi connectivity index (χ3n) is 5.38. The van der Waals surface area contributed by atoms with E-state index >= 15 is 0 Å². The number of rotatable bonds is 4. The Morgan fingerprint density at radius 2 is 2.14 bits per heavy atom. The van der Waals surface area contributed by atoms with Crippen molar-refractivity contribution in [2.24, 2.45) is 0 Å². The third kappa shape index (κ3) is 3.30. The van der Waals surface area contributed by atoms with E-state index in [2.05, 4.69) is 78.7 Å². The number of carbonyl (C=O) groups excluding carboxylic acids is 1. The standard InChI is InChI=1S/C20H21IN6O2/c1-20(2)10-29-19-24-15-16(25-18(21)26-17(15)27(19)20)22-8-7-11-3-5-13-12(9-11)4-6-14(28)23-13/h3,5,9H,4,6-8,10H2,1-2H3,(H,23,28)(H,22,25,26). The quantitative estimate of drug-likeness (QED) is 0.419. The highest BCUT2D eigenvalue weighted by Crippen LogP contribution is 2.36. The summed E-state index contributed by atoms with van der Waals surface area (Å²) >= 11 is 2.14. The first-order valence-electron chi connectivity index (χ1n) is 9.65. The van der Waals surface area contributed by atoms with Gasteiger partial charge in [-0.1, -0.05) is 12.1 Å². The average Bonchev–Trinajstić information content (AvgIpc) is 3.19. The molecule has 8 nitrogen and oxygen atoms in total. The van der Waals surface area contributed by atoms with Gasteiger partial charge in [0.05, 0.1) is 5.54 Å². The minimum Gasteiger partial charge on any atom is -0.462 e. The largest absolute Gasteiger partial charge is 0.462 e. The lowest BCUT2D eigenvalue weighted by Crippen LogP contribution is -2.26. The molecule has 3 aromatic rings. The zero-order valence-electron chi connectivity index (χ0n) is 16.3. The van der Waals surface area contributed by atoms with Crippen molar-refractivity contribution >= 4 is 51.2 Å². The monoisotopic (exact) mass is 504 g/mol. The minimum atomic E-state index is -0.183. The lowest BCUT2D eigenvalue weighted by Gasteiger charge is -2.18. The Morgan fingerprint density at radius 3 is 3.00 bits per heavy atom. The number of hydrogen-bond acceptors (Lipinski definition) is 6. The van der Waals surface area contributed by atoms with Crippen LogP contribution in [0.15, 0.2) is 18.2 Å². The van der Waals surface area contributed by atoms with Crippen LogP contribution in [0.25, 0.3) is 11.2 Å². The van der Waals surface area contributed by atoms with Crippen LogP contribution in [-0.2, 0) is 23.2 Å². The minimum absolute atomic E-state index is 0.0911. The number of benzene rings is 1. The molecule has 0 unspecified atom stereocenters. The maximum atomic E-state index is 11.5. The SMILES string of the molecule is CC1(C)COc2nc3c(NCCc4ccc5c(c4)CCC(=O)N5)nc(I)nc3n21. The number of aryl methyl sites for hydroxylation is 1. The van der Waals surface area contributed by atoms with E-state index in [9.17, 15) is 4.79 Å². The van der Waals surface area contributed by atoms with Crippen LogP contribution < -0.4 is 15.4 Å². The summed E-state index contributed by atoms with van der Waals surface area (Å²) in [5, 5.41) is 6.35. The Bertz CT molecular complexity index is 1140. The summed E-state index contributed by atoms with van der Waals surface area (Å²) in [5.41, 5.74) is 4.71. The van der Waals surface area contributed by atoms with E-state index in [0.717, 1.165) is 42.1 Å². The molecule has 0 radical (unpaired) electrons. The van der Waals surface area contributed by atoms with Crippen LogP contribution in [0.1, 0.15) is 31.4 Å². The van der Waals surface area contributed by atoms with E-state index < -0.39 is 0 Å². The third-order valence-corrected chi connectivity index (χ3v) is 5.86. The molecule has 0 saturated heterocycles. The summed E-state index contributed by atoms with van der Waals surface area (Å²) in [6, 6.07) is 6.83. The fourth-order valence-corrected chi connectivity index (χ4v) is 4.37. The lowest BCUT2D eigenvalue weighted by atomic mass is 9.99. The Kier molecular flexibility index (Phi) is 4.37. The molecule has 5 rings (SSSR count). The van der Waals surface area contributed by atoms with Gasteiger partial charge in [0.1, 0.15) is 6.61 Å². The van der Waals surface area contributed by atoms with Crippen molar-refractivity contribution in [2.75, 3.05) is 23.8 Å². The molecule has 0 atom stereocenters. The van der Waals surface area contributed by atoms with Crippen LogP contribution in [-0.4, -0.2) is 38.6 Å². The molecule has 1 amide bonds. The second kappa shape index (κ2) is 6.82. The summed E-state index contributed by atoms with van der Waals surface area (Å²) in [6.45, 7) is 5.55. The van der Waals surface area contributed by atoms with Crippen molar-refractivity contribution in [2.45, 2.75) is 38.6 Å². The van der Waals surface area contributed by atoms with Gasteiger partial charge in [-0.05, 0) is 43.9 Å². The fraction of sp³-hybridized carbons (Fsp3) is 0.400. The van der Waals surface area contributed by atoms with Crippen LogP contribution in [0.5, 0.6) is 6.01 Å². The molecule has 2 aliphatic heterocycles. The lowest BCUT2D eigenvalue weighted by molar-refractivity contribution is -0.116. The van der Waals surface area contributed by atoms with E-state index in [1.165, 1.54) is 11.1 Å². The van der Waals surface area contributed by atoms with Gasteiger partial charge in [-0.2, -0.15) is 4.98 Å². The maximum Gasteiger partial charge on any atom is 0.299 e. The van der Waals surface area contributed by atoms with Crippen molar-refractivity contribution in [3.8, 4) is 6.01 Å². The second-order valence-electron chi connectivity index (χ2n) is 8.06. The van der Waals surface area contributed by atoms with Gasteiger partial charge in [-0.25, -0.2) is 9.97 Å². The molecule has 9 heteroatoms. The first-order chi connectivity index (χ1) is 13.9. The molecule has 29 heavy (non-hydrogen) atoms. The van der Waals surface area contributed by atoms with Crippen molar-refractivity contribution in [1.82, 2.24) is 19.5 Å². The number of anilines is 2. The number of imidazole rings is 1. The Balaban J connectivity index is 1.36. The zero-order valence-corrected chi connectivity index (χ0v) is 18.4. The maximum absolute atomic E-state index is 11.5. The van der Waals surface area contributed by atoms with Crippen molar-refractivity contribution in [1.29, 1.82) is 0 Å². The van der Waals surface area contributed by atoms with Gasteiger partial charge in [-0.15, -0.1) is 0 Å². The topological polar surface area (TPSA) is 94.0 Å². The number of carbonyl (C=O) groups is 1. The van der Waals surface area contributed by atoms with Crippen molar-refractivity contribution < 1.29 is 9.53 Å². The van der Waals surface area contributed by atoms with E-state index in [0.29, 0.717) is 22.9 Å². The summed E-state index contributed by atoms with van der Waals surface area (Å²) < 4.78 is 8.48. The van der Waals surface area contributed by atoms with E-state index in [-0.39, 0.29) is 11.4 Å². The molecule has 0 fully saturated rings. The van der Waals surface area contributed by atoms with Crippen LogP contribution >= 0.6 is 22.6 Å². The molecule has 2 aromatic heterocycles. The molecular weight excluding hydrogens is 483 g/mol. The zero-order chi connectivity index (χ0) is 20.2. The highest BCUT2D eigenvalue weighted by molar-refractivity contribution is 14.1. The van der Waals surface area contributed by atoms with Crippen LogP contribution in [0, 0.1) is 3.83 Å². The van der Waals surface area contributed by atoms with Gasteiger partial charge in [0.2, 0.25) is 5.91 Å². The summed E-state index contributed by atoms with van der Waals surface area (Å²) in [4.78, 5) is 25.3. The van der Waals surface area contributed by atoms with Crippen molar-refractivity contribution in [3.63, 3.8) is 0 Å². The van der Waals surface area contributed by atoms with Gasteiger partial charge in [0, 0.05) is 41.2 Å². The number of nitrogens with zero attached hydrogens (tertiary/aromatic N) is 4. The van der Waals surface area contributed by atoms with E-state index in [1.807, 2.05) is 6.07 Å². The number of nitrogens with one attached hydrogen (secondary N) is 2. The Morgan fingerprint density at radius 1 is 1.28 bits per heavy atom. The fourth-order valence-electron chi connectivity index (χ4n) is 3.90. The molecule has 0 saturated carbocycles. The van der Waals surface area contributed by atoms with Gasteiger partial charge in [0.25, 0.3) is 6.01 Å². The van der Waals surface area contributed by atoms with E-state index in [4.69, 9.17) is 4.74 Å². The number of halogens is 1. The number of ether oxygens (including phenoxy) is 1. The molecular formula is C20H21IN6O2. The smallest absolute Gasteiger partial charge is 0.299 e. The molecule has 0 bridgehead atoms. The molecule has 0 aliphatic carbocycles. The first-order valence-corrected chi connectivity index (χ1v) is 10.7. The Labute approximate surface area is 181 Å². The normalized spacial score (nSPS) is 16.9. The van der Waals surface area contributed by atoms with Gasteiger partial charge >= 0.3 is 0 Å². The molecule has 0 spiro atoms. The highest BCUT2D eigenvalue weighted by Gasteiger charge is 2.36. The predicted molar refractivity (Wildman–Crippen MR) is 118 cm³/mol. The van der Waals surface area contributed by atoms with Crippen LogP contribution in [0.2, 0.25) is 0 Å². The molecule has 2 N–H and O–H groups in total. The number of fused-ring (bicyclic) bond motifs is 4. The second-order valence-corrected chi connectivity index (χ2v) is 9.03. The van der Waals surface area contributed by atoms with Crippen LogP contribution in [0.3, 0.4) is 0 Å². The van der Waals surface area contributed by atoms with Gasteiger partial charge < -0.3 is 15.4 Å². The number of aromatic nitrogens is 4. The predicted octanol–water partition coefficient (Wildman–Crippen LogP) is 3.10. The average molecular weight is 504 g/mol. The number of hydrogen-bond donors (Lipinski definition) is 2. The number of amides is 1. The molecule has 1 aromatic carbocycles. The Hall–Kier alpha value is -2.43. The van der Waals surface area contributed by atoms with E-state index in [1.54, 1.807) is 0 Å². The molecule has 4 heterocycles. The van der Waals surface area contributed by atoms with Gasteiger partial charge in [-0.3, -0.25) is 9.36 Å². The molecule has 150 valence electrons. The van der Waals surface area contributed by atoms with Crippen LogP contribution in [0.4, 0.5) is 11.5 Å². The summed E-state index contributed by atoms with van der Waals surface area (Å²) in [5.74, 6) is 0.819. The summed E-state index contributed by atoms with van der Waals surface area (Å²) in [6.07, 6.45) is 2.19. The van der Waals surface area contributed by atoms with Gasteiger partial charge in [0.15, 0.2) is 20.8 Å². The summed E-state index contributed by atoms with van der Waals surface area (Å²) in [7, 11) is 0. The van der Waals surface area contributed by atoms with Crippen molar-refractivity contribution in [3.05, 3.63) is 33.2 Å². The first kappa shape index (κ1) is 18.6. The highest BCUT2D eigenvalue weighted by atomic mass is 127.